The number of fused-ring (bicyclic) bond motifs is 1. The molecule has 0 fully saturated rings. The Balaban J connectivity index is 1.85. The summed E-state index contributed by atoms with van der Waals surface area (Å²) in [6, 6.07) is 4.29. The lowest BCUT2D eigenvalue weighted by Gasteiger charge is -2.17. The molecule has 0 aliphatic heterocycles. The monoisotopic (exact) mass is 283 g/mol. The van der Waals surface area contributed by atoms with Crippen LogP contribution in [-0.4, -0.2) is 4.98 Å². The lowest BCUT2D eigenvalue weighted by molar-refractivity contribution is 0.668. The first-order valence-corrected chi connectivity index (χ1v) is 7.90. The fraction of sp³-hybridized carbons (Fsp3) is 0.375. The molecule has 3 nitrogen and oxygen atoms in total. The second-order valence-corrected chi connectivity index (χ2v) is 5.99. The van der Waals surface area contributed by atoms with E-state index in [1.54, 1.807) is 11.3 Å². The van der Waals surface area contributed by atoms with Crippen molar-refractivity contribution < 1.29 is 0 Å². The number of rotatable bonds is 3. The third-order valence-corrected chi connectivity index (χ3v) is 4.74. The highest BCUT2D eigenvalue weighted by atomic mass is 32.1. The van der Waals surface area contributed by atoms with E-state index in [4.69, 9.17) is 0 Å². The summed E-state index contributed by atoms with van der Waals surface area (Å²) >= 11 is 1.71. The molecular formula is C16H17N3S. The summed E-state index contributed by atoms with van der Waals surface area (Å²) in [5.74, 6) is 0.735. The van der Waals surface area contributed by atoms with Crippen LogP contribution in [-0.2, 0) is 19.4 Å². The summed E-state index contributed by atoms with van der Waals surface area (Å²) in [5, 5.41) is 16.9. The topological polar surface area (TPSA) is 48.7 Å². The Morgan fingerprint density at radius 2 is 2.20 bits per heavy atom. The largest absolute Gasteiger partial charge is 0.365 e. The Morgan fingerprint density at radius 3 is 2.95 bits per heavy atom. The normalized spacial score (nSPS) is 13.6. The molecule has 2 aromatic heterocycles. The predicted molar refractivity (Wildman–Crippen MR) is 82.0 cm³/mol. The van der Waals surface area contributed by atoms with E-state index in [2.05, 4.69) is 34.1 Å². The number of thiophene rings is 1. The molecule has 1 aliphatic rings. The zero-order valence-electron chi connectivity index (χ0n) is 11.6. The average Bonchev–Trinajstić information content (AvgIpc) is 2.89. The molecule has 0 atom stereocenters. The first-order chi connectivity index (χ1) is 9.78. The van der Waals surface area contributed by atoms with Crippen molar-refractivity contribution in [3.63, 3.8) is 0 Å². The van der Waals surface area contributed by atoms with Gasteiger partial charge >= 0.3 is 0 Å². The quantitative estimate of drug-likeness (QED) is 0.931. The number of pyridine rings is 1. The van der Waals surface area contributed by atoms with Gasteiger partial charge in [0.25, 0.3) is 0 Å². The van der Waals surface area contributed by atoms with E-state index < -0.39 is 0 Å². The highest BCUT2D eigenvalue weighted by Gasteiger charge is 2.15. The third-order valence-electron chi connectivity index (χ3n) is 3.83. The molecule has 4 heteroatoms. The van der Waals surface area contributed by atoms with Crippen molar-refractivity contribution in [1.82, 2.24) is 4.98 Å². The van der Waals surface area contributed by atoms with Crippen LogP contribution in [0.4, 0.5) is 5.82 Å². The van der Waals surface area contributed by atoms with Crippen LogP contribution >= 0.6 is 11.3 Å². The number of nitrogens with zero attached hydrogens (tertiary/aromatic N) is 2. The first kappa shape index (κ1) is 13.1. The van der Waals surface area contributed by atoms with Crippen LogP contribution in [0.15, 0.2) is 16.8 Å². The van der Waals surface area contributed by atoms with Gasteiger partial charge in [-0.2, -0.15) is 16.6 Å². The second-order valence-electron chi connectivity index (χ2n) is 5.24. The Kier molecular flexibility index (Phi) is 3.70. The van der Waals surface area contributed by atoms with Crippen molar-refractivity contribution in [3.05, 3.63) is 44.8 Å². The van der Waals surface area contributed by atoms with Gasteiger partial charge in [-0.3, -0.25) is 0 Å². The van der Waals surface area contributed by atoms with Gasteiger partial charge in [-0.25, -0.2) is 4.98 Å². The van der Waals surface area contributed by atoms with Crippen LogP contribution in [0, 0.1) is 18.3 Å². The molecule has 1 aliphatic carbocycles. The minimum atomic E-state index is 0.665. The number of anilines is 1. The van der Waals surface area contributed by atoms with Crippen LogP contribution in [0.1, 0.15) is 40.8 Å². The fourth-order valence-electron chi connectivity index (χ4n) is 2.60. The van der Waals surface area contributed by atoms with Crippen LogP contribution in [0.3, 0.4) is 0 Å². The lowest BCUT2D eigenvalue weighted by atomic mass is 9.95. The number of aromatic nitrogens is 1. The van der Waals surface area contributed by atoms with Crippen molar-refractivity contribution in [1.29, 1.82) is 5.26 Å². The summed E-state index contributed by atoms with van der Waals surface area (Å²) in [6.07, 6.45) is 4.50. The van der Waals surface area contributed by atoms with Gasteiger partial charge in [0.2, 0.25) is 0 Å². The second kappa shape index (κ2) is 5.64. The molecule has 0 spiro atoms. The zero-order valence-corrected chi connectivity index (χ0v) is 12.4. The van der Waals surface area contributed by atoms with Gasteiger partial charge in [0.05, 0.1) is 5.56 Å². The Bertz CT molecular complexity index is 667. The molecule has 0 saturated heterocycles. The number of hydrogen-bond acceptors (Lipinski definition) is 4. The summed E-state index contributed by atoms with van der Waals surface area (Å²) in [7, 11) is 0. The molecule has 0 bridgehead atoms. The molecule has 0 unspecified atom stereocenters. The standard InChI is InChI=1S/C16H17N3S/c1-11-9-20-10-14(11)8-18-16-13(7-17)6-12-4-2-3-5-15(12)19-16/h6,9-10H,2-5,8H2,1H3,(H,18,19). The van der Waals surface area contributed by atoms with Gasteiger partial charge < -0.3 is 5.32 Å². The summed E-state index contributed by atoms with van der Waals surface area (Å²) < 4.78 is 0. The smallest absolute Gasteiger partial charge is 0.144 e. The lowest BCUT2D eigenvalue weighted by Crippen LogP contribution is -2.10. The van der Waals surface area contributed by atoms with E-state index in [0.29, 0.717) is 5.56 Å². The number of nitriles is 1. The molecule has 2 aromatic rings. The zero-order chi connectivity index (χ0) is 13.9. The molecule has 1 N–H and O–H groups in total. The van der Waals surface area contributed by atoms with Gasteiger partial charge in [0.1, 0.15) is 11.9 Å². The van der Waals surface area contributed by atoms with Crippen LogP contribution in [0.2, 0.25) is 0 Å². The van der Waals surface area contributed by atoms with E-state index in [-0.39, 0.29) is 0 Å². The van der Waals surface area contributed by atoms with Gasteiger partial charge in [-0.1, -0.05) is 0 Å². The maximum atomic E-state index is 9.30. The molecule has 0 saturated carbocycles. The molecule has 3 rings (SSSR count). The average molecular weight is 283 g/mol. The molecule has 0 amide bonds. The van der Waals surface area contributed by atoms with Crippen molar-refractivity contribution in [2.45, 2.75) is 39.2 Å². The first-order valence-electron chi connectivity index (χ1n) is 6.96. The molecule has 2 heterocycles. The van der Waals surface area contributed by atoms with Crippen LogP contribution in [0.25, 0.3) is 0 Å². The number of aryl methyl sites for hydroxylation is 3. The van der Waals surface area contributed by atoms with Crippen molar-refractivity contribution >= 4 is 17.2 Å². The van der Waals surface area contributed by atoms with Gasteiger partial charge in [-0.15, -0.1) is 0 Å². The Morgan fingerprint density at radius 1 is 1.35 bits per heavy atom. The van der Waals surface area contributed by atoms with Gasteiger partial charge in [0, 0.05) is 12.2 Å². The van der Waals surface area contributed by atoms with E-state index in [9.17, 15) is 5.26 Å². The van der Waals surface area contributed by atoms with Crippen LogP contribution in [0.5, 0.6) is 0 Å². The van der Waals surface area contributed by atoms with Crippen LogP contribution < -0.4 is 5.32 Å². The molecule has 0 aromatic carbocycles. The van der Waals surface area contributed by atoms with Gasteiger partial charge in [-0.05, 0) is 66.1 Å². The molecular weight excluding hydrogens is 266 g/mol. The summed E-state index contributed by atoms with van der Waals surface area (Å²) in [4.78, 5) is 4.68. The maximum absolute atomic E-state index is 9.30. The molecule has 0 radical (unpaired) electrons. The van der Waals surface area contributed by atoms with E-state index in [0.717, 1.165) is 25.2 Å². The Hall–Kier alpha value is -1.86. The highest BCUT2D eigenvalue weighted by molar-refractivity contribution is 7.08. The third kappa shape index (κ3) is 2.54. The van der Waals surface area contributed by atoms with Gasteiger partial charge in [0.15, 0.2) is 0 Å². The minimum absolute atomic E-state index is 0.665. The Labute approximate surface area is 123 Å². The molecule has 102 valence electrons. The SMILES string of the molecule is Cc1cscc1CNc1nc2c(cc1C#N)CCCC2. The highest BCUT2D eigenvalue weighted by Crippen LogP contribution is 2.25. The van der Waals surface area contributed by atoms with Crippen molar-refractivity contribution in [2.24, 2.45) is 0 Å². The summed E-state index contributed by atoms with van der Waals surface area (Å²) in [5.41, 5.74) is 5.65. The van der Waals surface area contributed by atoms with E-state index in [1.165, 1.54) is 35.2 Å². The van der Waals surface area contributed by atoms with E-state index >= 15 is 0 Å². The van der Waals surface area contributed by atoms with E-state index in [1.807, 2.05) is 6.07 Å². The minimum Gasteiger partial charge on any atom is -0.365 e. The fourth-order valence-corrected chi connectivity index (χ4v) is 3.46. The predicted octanol–water partition coefficient (Wildman–Crippen LogP) is 3.81. The van der Waals surface area contributed by atoms with Crippen molar-refractivity contribution in [3.8, 4) is 6.07 Å². The maximum Gasteiger partial charge on any atom is 0.144 e. The number of nitrogens with one attached hydrogen (secondary N) is 1. The van der Waals surface area contributed by atoms with Crippen molar-refractivity contribution in [2.75, 3.05) is 5.32 Å². The molecule has 20 heavy (non-hydrogen) atoms. The summed E-state index contributed by atoms with van der Waals surface area (Å²) in [6.45, 7) is 2.84. The number of hydrogen-bond donors (Lipinski definition) is 1.